The van der Waals surface area contributed by atoms with Crippen molar-refractivity contribution in [1.82, 2.24) is 9.78 Å². The summed E-state index contributed by atoms with van der Waals surface area (Å²) in [5.74, 6) is -1.55. The minimum atomic E-state index is -3.74. The molecule has 35 heavy (non-hydrogen) atoms. The minimum absolute atomic E-state index is 0.0859. The Morgan fingerprint density at radius 1 is 1.11 bits per heavy atom. The van der Waals surface area contributed by atoms with E-state index in [1.54, 1.807) is 62.8 Å². The number of benzene rings is 2. The van der Waals surface area contributed by atoms with Crippen molar-refractivity contribution in [2.24, 2.45) is 7.05 Å². The lowest BCUT2D eigenvalue weighted by Gasteiger charge is -2.18. The molecular weight excluding hydrogens is 526 g/mol. The van der Waals surface area contributed by atoms with Gasteiger partial charge in [0, 0.05) is 28.6 Å². The SMILES string of the molecule is COC(=O)C(C)(C)c1cc(-c2ccc(Br)cc2C(=O)C(C)c2ccc3c(c2)OC(F)(F)O3)n(C)n1. The molecule has 3 aromatic rings. The lowest BCUT2D eigenvalue weighted by molar-refractivity contribution is -0.286. The third-order valence-corrected chi connectivity index (χ3v) is 6.55. The van der Waals surface area contributed by atoms with Crippen molar-refractivity contribution < 1.29 is 32.6 Å². The van der Waals surface area contributed by atoms with Gasteiger partial charge in [-0.15, -0.1) is 8.78 Å². The maximum atomic E-state index is 13.6. The van der Waals surface area contributed by atoms with Crippen LogP contribution in [0.1, 0.15) is 48.3 Å². The zero-order valence-electron chi connectivity index (χ0n) is 19.7. The van der Waals surface area contributed by atoms with Gasteiger partial charge in [-0.05, 0) is 49.7 Å². The first kappa shape index (κ1) is 24.8. The summed E-state index contributed by atoms with van der Waals surface area (Å²) >= 11 is 3.42. The van der Waals surface area contributed by atoms with Gasteiger partial charge < -0.3 is 14.2 Å². The Bertz CT molecular complexity index is 1340. The number of methoxy groups -OCH3 is 1. The van der Waals surface area contributed by atoms with Crippen LogP contribution in [-0.2, 0) is 22.0 Å². The quantitative estimate of drug-likeness (QED) is 0.294. The standard InChI is InChI=1S/C25H23BrF2N2O5/c1-13(14-6-9-19-20(10-14)35-25(27,28)34-19)22(31)17-11-15(26)7-8-16(17)18-12-21(29-30(18)4)24(2,3)23(32)33-5/h6-13H,1-5H3. The van der Waals surface area contributed by atoms with Crippen molar-refractivity contribution in [1.29, 1.82) is 0 Å². The monoisotopic (exact) mass is 548 g/mol. The first-order chi connectivity index (χ1) is 16.3. The maximum Gasteiger partial charge on any atom is 0.586 e. The molecule has 1 unspecified atom stereocenters. The van der Waals surface area contributed by atoms with E-state index in [9.17, 15) is 18.4 Å². The number of Topliss-reactive ketones (excluding diaryl/α,β-unsaturated/α-hetero) is 1. The van der Waals surface area contributed by atoms with E-state index in [2.05, 4.69) is 30.5 Å². The van der Waals surface area contributed by atoms with Gasteiger partial charge in [0.1, 0.15) is 5.41 Å². The fourth-order valence-corrected chi connectivity index (χ4v) is 4.31. The highest BCUT2D eigenvalue weighted by atomic mass is 79.9. The summed E-state index contributed by atoms with van der Waals surface area (Å²) in [6.07, 6.45) is -3.74. The molecule has 1 aliphatic heterocycles. The number of hydrogen-bond acceptors (Lipinski definition) is 6. The van der Waals surface area contributed by atoms with Crippen LogP contribution in [0, 0.1) is 0 Å². The van der Waals surface area contributed by atoms with Gasteiger partial charge >= 0.3 is 12.3 Å². The van der Waals surface area contributed by atoms with Crippen molar-refractivity contribution in [3.8, 4) is 22.8 Å². The Balaban J connectivity index is 1.73. The molecule has 1 aliphatic rings. The highest BCUT2D eigenvalue weighted by Crippen LogP contribution is 2.43. The number of aryl methyl sites for hydroxylation is 1. The van der Waals surface area contributed by atoms with E-state index in [1.807, 2.05) is 0 Å². The second-order valence-corrected chi connectivity index (χ2v) is 9.72. The van der Waals surface area contributed by atoms with Gasteiger partial charge in [-0.1, -0.05) is 35.0 Å². The van der Waals surface area contributed by atoms with Gasteiger partial charge in [-0.2, -0.15) is 5.10 Å². The predicted octanol–water partition coefficient (Wildman–Crippen LogP) is 5.61. The Labute approximate surface area is 209 Å². The summed E-state index contributed by atoms with van der Waals surface area (Å²) in [4.78, 5) is 25.9. The number of hydrogen-bond donors (Lipinski definition) is 0. The Hall–Kier alpha value is -3.27. The lowest BCUT2D eigenvalue weighted by atomic mass is 9.87. The van der Waals surface area contributed by atoms with Crippen LogP contribution in [0.2, 0.25) is 0 Å². The molecule has 0 N–H and O–H groups in total. The van der Waals surface area contributed by atoms with Crippen LogP contribution in [0.25, 0.3) is 11.3 Å². The van der Waals surface area contributed by atoms with Gasteiger partial charge in [-0.3, -0.25) is 14.3 Å². The second-order valence-electron chi connectivity index (χ2n) is 8.80. The fourth-order valence-electron chi connectivity index (χ4n) is 3.95. The normalized spacial score (nSPS) is 15.1. The van der Waals surface area contributed by atoms with Crippen molar-refractivity contribution >= 4 is 27.7 Å². The molecule has 0 amide bonds. The van der Waals surface area contributed by atoms with Crippen LogP contribution in [0.3, 0.4) is 0 Å². The smallest absolute Gasteiger partial charge is 0.468 e. The first-order valence-electron chi connectivity index (χ1n) is 10.7. The zero-order valence-corrected chi connectivity index (χ0v) is 21.3. The molecule has 2 heterocycles. The number of aromatic nitrogens is 2. The fraction of sp³-hybridized carbons (Fsp3) is 0.320. The number of rotatable bonds is 6. The van der Waals surface area contributed by atoms with Crippen molar-refractivity contribution in [2.75, 3.05) is 7.11 Å². The molecule has 4 rings (SSSR count). The molecule has 10 heteroatoms. The number of ether oxygens (including phenoxy) is 3. The largest absolute Gasteiger partial charge is 0.586 e. The van der Waals surface area contributed by atoms with E-state index in [0.29, 0.717) is 32.6 Å². The molecule has 0 spiro atoms. The van der Waals surface area contributed by atoms with E-state index in [0.717, 1.165) is 0 Å². The van der Waals surface area contributed by atoms with Crippen LogP contribution in [0.4, 0.5) is 8.78 Å². The molecule has 0 bridgehead atoms. The van der Waals surface area contributed by atoms with Crippen molar-refractivity contribution in [2.45, 2.75) is 38.4 Å². The summed E-state index contributed by atoms with van der Waals surface area (Å²) in [6, 6.07) is 11.4. The van der Waals surface area contributed by atoms with Gasteiger partial charge in [0.15, 0.2) is 17.3 Å². The predicted molar refractivity (Wildman–Crippen MR) is 127 cm³/mol. The molecule has 0 radical (unpaired) electrons. The van der Waals surface area contributed by atoms with Crippen LogP contribution in [0.5, 0.6) is 11.5 Å². The Morgan fingerprint density at radius 2 is 1.80 bits per heavy atom. The highest BCUT2D eigenvalue weighted by molar-refractivity contribution is 9.10. The van der Waals surface area contributed by atoms with Crippen LogP contribution in [-0.4, -0.2) is 34.9 Å². The van der Waals surface area contributed by atoms with Gasteiger partial charge in [0.05, 0.1) is 18.5 Å². The molecule has 2 aromatic carbocycles. The Kier molecular flexibility index (Phi) is 6.21. The number of esters is 1. The van der Waals surface area contributed by atoms with Crippen molar-refractivity contribution in [3.05, 3.63) is 63.8 Å². The van der Waals surface area contributed by atoms with Crippen LogP contribution < -0.4 is 9.47 Å². The average Bonchev–Trinajstić information content (AvgIpc) is 3.35. The molecule has 0 saturated heterocycles. The summed E-state index contributed by atoms with van der Waals surface area (Å²) in [5.41, 5.74) is 1.64. The zero-order chi connectivity index (χ0) is 25.7. The average molecular weight is 549 g/mol. The number of alkyl halides is 2. The number of nitrogens with zero attached hydrogens (tertiary/aromatic N) is 2. The van der Waals surface area contributed by atoms with Gasteiger partial charge in [-0.25, -0.2) is 0 Å². The summed E-state index contributed by atoms with van der Waals surface area (Å²) in [5, 5.41) is 4.50. The molecular formula is C25H23BrF2N2O5. The third-order valence-electron chi connectivity index (χ3n) is 6.06. The van der Waals surface area contributed by atoms with Gasteiger partial charge in [0.2, 0.25) is 0 Å². The molecule has 0 aliphatic carbocycles. The molecule has 1 atom stereocenters. The highest BCUT2D eigenvalue weighted by Gasteiger charge is 2.43. The first-order valence-corrected chi connectivity index (χ1v) is 11.5. The molecule has 0 saturated carbocycles. The Morgan fingerprint density at radius 3 is 2.49 bits per heavy atom. The van der Waals surface area contributed by atoms with Crippen molar-refractivity contribution in [3.63, 3.8) is 0 Å². The lowest BCUT2D eigenvalue weighted by Crippen LogP contribution is -2.30. The van der Waals surface area contributed by atoms with E-state index in [-0.39, 0.29) is 17.3 Å². The third kappa shape index (κ3) is 4.54. The topological polar surface area (TPSA) is 79.7 Å². The second kappa shape index (κ2) is 8.75. The molecule has 1 aromatic heterocycles. The number of carbonyl (C=O) groups is 2. The number of fused-ring (bicyclic) bond motifs is 1. The molecule has 7 nitrogen and oxygen atoms in total. The van der Waals surface area contributed by atoms with E-state index >= 15 is 0 Å². The minimum Gasteiger partial charge on any atom is -0.468 e. The van der Waals surface area contributed by atoms with E-state index in [1.165, 1.54) is 19.2 Å². The molecule has 184 valence electrons. The summed E-state index contributed by atoms with van der Waals surface area (Å²) in [7, 11) is 3.04. The van der Waals surface area contributed by atoms with Crippen LogP contribution in [0.15, 0.2) is 46.9 Å². The van der Waals surface area contributed by atoms with Crippen LogP contribution >= 0.6 is 15.9 Å². The number of carbonyl (C=O) groups excluding carboxylic acids is 2. The number of ketones is 1. The number of halogens is 3. The van der Waals surface area contributed by atoms with E-state index in [4.69, 9.17) is 4.74 Å². The van der Waals surface area contributed by atoms with Gasteiger partial charge in [0.25, 0.3) is 0 Å². The summed E-state index contributed by atoms with van der Waals surface area (Å²) < 4.78 is 43.0. The molecule has 0 fully saturated rings. The van der Waals surface area contributed by atoms with E-state index < -0.39 is 23.6 Å². The summed E-state index contributed by atoms with van der Waals surface area (Å²) in [6.45, 7) is 5.12. The maximum absolute atomic E-state index is 13.6.